The smallest absolute Gasteiger partial charge is 0.222 e. The van der Waals surface area contributed by atoms with Crippen LogP contribution in [-0.2, 0) is 0 Å². The van der Waals surface area contributed by atoms with E-state index in [-0.39, 0.29) is 0 Å². The van der Waals surface area contributed by atoms with Gasteiger partial charge in [-0.05, 0) is 35.2 Å². The maximum Gasteiger partial charge on any atom is 0.222 e. The molecule has 3 nitrogen and oxygen atoms in total. The van der Waals surface area contributed by atoms with E-state index in [1.54, 1.807) is 6.20 Å². The van der Waals surface area contributed by atoms with E-state index < -0.39 is 0 Å². The van der Waals surface area contributed by atoms with Crippen molar-refractivity contribution in [2.24, 2.45) is 5.92 Å². The van der Waals surface area contributed by atoms with Gasteiger partial charge in [0.25, 0.3) is 0 Å². The van der Waals surface area contributed by atoms with Gasteiger partial charge in [-0.2, -0.15) is 0 Å². The summed E-state index contributed by atoms with van der Waals surface area (Å²) >= 11 is 3.38. The fourth-order valence-electron chi connectivity index (χ4n) is 1.33. The van der Waals surface area contributed by atoms with Crippen molar-refractivity contribution >= 4 is 21.9 Å². The lowest BCUT2D eigenvalue weighted by Gasteiger charge is -2.04. The van der Waals surface area contributed by atoms with E-state index in [0.717, 1.165) is 28.6 Å². The van der Waals surface area contributed by atoms with Gasteiger partial charge in [0.05, 0.1) is 10.2 Å². The zero-order valence-electron chi connectivity index (χ0n) is 8.26. The Kier molecular flexibility index (Phi) is 3.01. The lowest BCUT2D eigenvalue weighted by molar-refractivity contribution is 0.755. The lowest BCUT2D eigenvalue weighted by atomic mass is 10.3. The first-order chi connectivity index (χ1) is 6.75. The van der Waals surface area contributed by atoms with Gasteiger partial charge in [0.2, 0.25) is 5.95 Å². The molecular weight excluding hydrogens is 242 g/mol. The first kappa shape index (κ1) is 9.90. The minimum Gasteiger partial charge on any atom is -0.354 e. The van der Waals surface area contributed by atoms with Crippen LogP contribution in [0.25, 0.3) is 0 Å². The van der Waals surface area contributed by atoms with Crippen molar-refractivity contribution < 1.29 is 0 Å². The normalized spacial score (nSPS) is 15.6. The van der Waals surface area contributed by atoms with E-state index in [4.69, 9.17) is 0 Å². The molecule has 1 saturated carbocycles. The summed E-state index contributed by atoms with van der Waals surface area (Å²) in [4.78, 5) is 8.51. The van der Waals surface area contributed by atoms with Crippen LogP contribution in [0.2, 0.25) is 0 Å². The van der Waals surface area contributed by atoms with Gasteiger partial charge in [-0.15, -0.1) is 0 Å². The van der Waals surface area contributed by atoms with Crippen LogP contribution in [0, 0.1) is 12.8 Å². The molecule has 1 aliphatic carbocycles. The highest BCUT2D eigenvalue weighted by atomic mass is 79.9. The van der Waals surface area contributed by atoms with Crippen LogP contribution < -0.4 is 5.32 Å². The van der Waals surface area contributed by atoms with E-state index in [1.807, 2.05) is 6.92 Å². The van der Waals surface area contributed by atoms with Crippen LogP contribution >= 0.6 is 15.9 Å². The number of rotatable bonds is 4. The second-order valence-electron chi connectivity index (χ2n) is 3.79. The molecule has 4 heteroatoms. The maximum atomic E-state index is 4.32. The summed E-state index contributed by atoms with van der Waals surface area (Å²) in [5.41, 5.74) is 0.980. The minimum absolute atomic E-state index is 0.742. The number of aromatic nitrogens is 2. The highest BCUT2D eigenvalue weighted by Gasteiger charge is 2.20. The zero-order chi connectivity index (χ0) is 9.97. The Labute approximate surface area is 92.5 Å². The predicted molar refractivity (Wildman–Crippen MR) is 60.3 cm³/mol. The van der Waals surface area contributed by atoms with Crippen LogP contribution in [0.3, 0.4) is 0 Å². The van der Waals surface area contributed by atoms with Gasteiger partial charge >= 0.3 is 0 Å². The molecule has 2 rings (SSSR count). The Bertz CT molecular complexity index is 323. The molecule has 0 bridgehead atoms. The first-order valence-electron chi connectivity index (χ1n) is 4.98. The molecule has 0 unspecified atom stereocenters. The number of aryl methyl sites for hydroxylation is 1. The van der Waals surface area contributed by atoms with Crippen molar-refractivity contribution in [1.82, 2.24) is 9.97 Å². The van der Waals surface area contributed by atoms with Crippen LogP contribution in [0.15, 0.2) is 10.7 Å². The molecular formula is C10H14BrN3. The molecule has 1 fully saturated rings. The highest BCUT2D eigenvalue weighted by molar-refractivity contribution is 9.10. The monoisotopic (exact) mass is 255 g/mol. The summed E-state index contributed by atoms with van der Waals surface area (Å²) < 4.78 is 0.963. The molecule has 14 heavy (non-hydrogen) atoms. The van der Waals surface area contributed by atoms with E-state index in [2.05, 4.69) is 31.2 Å². The average Bonchev–Trinajstić information content (AvgIpc) is 2.95. The van der Waals surface area contributed by atoms with Gasteiger partial charge in [0.1, 0.15) is 0 Å². The van der Waals surface area contributed by atoms with Crippen molar-refractivity contribution in [3.8, 4) is 0 Å². The first-order valence-corrected chi connectivity index (χ1v) is 5.78. The summed E-state index contributed by atoms with van der Waals surface area (Å²) in [6, 6.07) is 0. The molecule has 0 spiro atoms. The molecule has 76 valence electrons. The number of nitrogens with zero attached hydrogens (tertiary/aromatic N) is 2. The maximum absolute atomic E-state index is 4.32. The third-order valence-electron chi connectivity index (χ3n) is 2.45. The fraction of sp³-hybridized carbons (Fsp3) is 0.600. The van der Waals surface area contributed by atoms with Crippen LogP contribution in [0.1, 0.15) is 25.0 Å². The Morgan fingerprint density at radius 1 is 1.57 bits per heavy atom. The van der Waals surface area contributed by atoms with Gasteiger partial charge in [-0.1, -0.05) is 12.8 Å². The van der Waals surface area contributed by atoms with Crippen LogP contribution in [0.5, 0.6) is 0 Å². The lowest BCUT2D eigenvalue weighted by Crippen LogP contribution is -2.06. The van der Waals surface area contributed by atoms with E-state index in [9.17, 15) is 0 Å². The summed E-state index contributed by atoms with van der Waals surface area (Å²) in [5, 5.41) is 3.24. The highest BCUT2D eigenvalue weighted by Crippen LogP contribution is 2.31. The van der Waals surface area contributed by atoms with E-state index >= 15 is 0 Å². The zero-order valence-corrected chi connectivity index (χ0v) is 9.84. The third kappa shape index (κ3) is 2.67. The summed E-state index contributed by atoms with van der Waals surface area (Å²) in [6.07, 6.45) is 5.85. The van der Waals surface area contributed by atoms with Crippen molar-refractivity contribution in [3.05, 3.63) is 16.4 Å². The Balaban J connectivity index is 1.85. The van der Waals surface area contributed by atoms with Crippen molar-refractivity contribution in [3.63, 3.8) is 0 Å². The summed E-state index contributed by atoms with van der Waals surface area (Å²) in [5.74, 6) is 1.70. The van der Waals surface area contributed by atoms with Gasteiger partial charge in [-0.3, -0.25) is 0 Å². The minimum atomic E-state index is 0.742. The summed E-state index contributed by atoms with van der Waals surface area (Å²) in [7, 11) is 0. The van der Waals surface area contributed by atoms with Crippen LogP contribution in [-0.4, -0.2) is 16.5 Å². The van der Waals surface area contributed by atoms with Crippen molar-refractivity contribution in [1.29, 1.82) is 0 Å². The van der Waals surface area contributed by atoms with Crippen LogP contribution in [0.4, 0.5) is 5.95 Å². The molecule has 0 aromatic carbocycles. The van der Waals surface area contributed by atoms with E-state index in [1.165, 1.54) is 19.3 Å². The quantitative estimate of drug-likeness (QED) is 0.900. The molecule has 0 saturated heterocycles. The molecule has 1 aromatic rings. The Morgan fingerprint density at radius 2 is 2.36 bits per heavy atom. The number of anilines is 1. The number of halogens is 1. The standard InChI is InChI=1S/C10H14BrN3/c1-7-9(11)6-13-10(14-7)12-5-4-8-2-3-8/h6,8H,2-5H2,1H3,(H,12,13,14). The third-order valence-corrected chi connectivity index (χ3v) is 3.23. The molecule has 1 aromatic heterocycles. The van der Waals surface area contributed by atoms with Gasteiger partial charge in [0.15, 0.2) is 0 Å². The van der Waals surface area contributed by atoms with Gasteiger partial charge in [-0.25, -0.2) is 9.97 Å². The fourth-order valence-corrected chi connectivity index (χ4v) is 1.52. The number of nitrogens with one attached hydrogen (secondary N) is 1. The molecule has 0 amide bonds. The predicted octanol–water partition coefficient (Wildman–Crippen LogP) is 2.76. The second kappa shape index (κ2) is 4.26. The second-order valence-corrected chi connectivity index (χ2v) is 4.64. The topological polar surface area (TPSA) is 37.8 Å². The van der Waals surface area contributed by atoms with Crippen molar-refractivity contribution in [2.75, 3.05) is 11.9 Å². The SMILES string of the molecule is Cc1nc(NCCC2CC2)ncc1Br. The Hall–Kier alpha value is -0.640. The molecule has 1 N–H and O–H groups in total. The van der Waals surface area contributed by atoms with E-state index in [0.29, 0.717) is 0 Å². The molecule has 1 aliphatic rings. The largest absolute Gasteiger partial charge is 0.354 e. The number of hydrogen-bond donors (Lipinski definition) is 1. The molecule has 1 heterocycles. The Morgan fingerprint density at radius 3 is 3.00 bits per heavy atom. The van der Waals surface area contributed by atoms with Gasteiger partial charge < -0.3 is 5.32 Å². The van der Waals surface area contributed by atoms with Crippen molar-refractivity contribution in [2.45, 2.75) is 26.2 Å². The number of hydrogen-bond acceptors (Lipinski definition) is 3. The molecule has 0 radical (unpaired) electrons. The average molecular weight is 256 g/mol. The summed E-state index contributed by atoms with van der Waals surface area (Å²) in [6.45, 7) is 2.96. The molecule has 0 aliphatic heterocycles. The van der Waals surface area contributed by atoms with Gasteiger partial charge in [0, 0.05) is 12.7 Å². The molecule has 0 atom stereocenters.